The topological polar surface area (TPSA) is 39.1 Å². The first kappa shape index (κ1) is 11.6. The predicted molar refractivity (Wildman–Crippen MR) is 63.3 cm³/mol. The average Bonchev–Trinajstić information content (AvgIpc) is 3.03. The molecule has 2 rings (SSSR count). The van der Waals surface area contributed by atoms with Gasteiger partial charge in [-0.1, -0.05) is 0 Å². The molecule has 1 N–H and O–H groups in total. The predicted octanol–water partition coefficient (Wildman–Crippen LogP) is 0.977. The van der Waals surface area contributed by atoms with Crippen molar-refractivity contribution in [3.8, 4) is 0 Å². The zero-order valence-electron chi connectivity index (χ0n) is 10.1. The quantitative estimate of drug-likeness (QED) is 0.749. The van der Waals surface area contributed by atoms with Gasteiger partial charge in [0.2, 0.25) is 0 Å². The van der Waals surface area contributed by atoms with Gasteiger partial charge in [0.25, 0.3) is 0 Å². The molecule has 90 valence electrons. The molecule has 0 spiro atoms. The van der Waals surface area contributed by atoms with Crippen LogP contribution in [-0.4, -0.2) is 36.1 Å². The molecule has 1 atom stereocenters. The Labute approximate surface area is 97.0 Å². The molecule has 0 saturated heterocycles. The molecule has 0 radical (unpaired) electrons. The van der Waals surface area contributed by atoms with Crippen molar-refractivity contribution >= 4 is 0 Å². The number of hydrogen-bond acceptors (Lipinski definition) is 3. The first-order valence-corrected chi connectivity index (χ1v) is 6.00. The Balaban J connectivity index is 1.71. The van der Waals surface area contributed by atoms with Crippen molar-refractivity contribution in [3.63, 3.8) is 0 Å². The first-order valence-electron chi connectivity index (χ1n) is 6.00. The largest absolute Gasteiger partial charge is 0.383 e. The normalized spacial score (nSPS) is 17.6. The number of nitrogens with one attached hydrogen (secondary N) is 1. The lowest BCUT2D eigenvalue weighted by Crippen LogP contribution is -2.36. The van der Waals surface area contributed by atoms with Crippen LogP contribution in [0.15, 0.2) is 12.3 Å². The van der Waals surface area contributed by atoms with Gasteiger partial charge < -0.3 is 10.1 Å². The van der Waals surface area contributed by atoms with Crippen LogP contribution in [0.25, 0.3) is 0 Å². The number of methoxy groups -OCH3 is 1. The number of aromatic nitrogens is 2. The lowest BCUT2D eigenvalue weighted by Gasteiger charge is -2.17. The minimum atomic E-state index is 0.540. The molecule has 0 aromatic carbocycles. The molecule has 1 aliphatic rings. The highest BCUT2D eigenvalue weighted by Gasteiger charge is 2.30. The van der Waals surface area contributed by atoms with Crippen LogP contribution in [0.4, 0.5) is 0 Å². The van der Waals surface area contributed by atoms with E-state index < -0.39 is 0 Å². The van der Waals surface area contributed by atoms with E-state index >= 15 is 0 Å². The van der Waals surface area contributed by atoms with E-state index in [1.807, 2.05) is 17.9 Å². The zero-order chi connectivity index (χ0) is 11.4. The van der Waals surface area contributed by atoms with E-state index in [9.17, 15) is 0 Å². The second kappa shape index (κ2) is 5.46. The molecule has 1 saturated carbocycles. The zero-order valence-corrected chi connectivity index (χ0v) is 10.1. The van der Waals surface area contributed by atoms with Gasteiger partial charge in [0.1, 0.15) is 0 Å². The van der Waals surface area contributed by atoms with E-state index in [1.54, 1.807) is 7.11 Å². The molecule has 1 heterocycles. The van der Waals surface area contributed by atoms with Gasteiger partial charge in [0.05, 0.1) is 6.61 Å². The number of hydrogen-bond donors (Lipinski definition) is 1. The molecule has 16 heavy (non-hydrogen) atoms. The van der Waals surface area contributed by atoms with E-state index in [0.29, 0.717) is 6.04 Å². The molecular weight excluding hydrogens is 202 g/mol. The molecular formula is C12H21N3O. The summed E-state index contributed by atoms with van der Waals surface area (Å²) >= 11 is 0. The number of nitrogens with zero attached hydrogens (tertiary/aromatic N) is 2. The third-order valence-electron chi connectivity index (χ3n) is 3.25. The minimum absolute atomic E-state index is 0.540. The Kier molecular flexibility index (Phi) is 3.96. The van der Waals surface area contributed by atoms with Gasteiger partial charge in [-0.3, -0.25) is 4.68 Å². The van der Waals surface area contributed by atoms with Crippen LogP contribution in [0.3, 0.4) is 0 Å². The highest BCUT2D eigenvalue weighted by molar-refractivity contribution is 5.00. The summed E-state index contributed by atoms with van der Waals surface area (Å²) in [4.78, 5) is 0. The summed E-state index contributed by atoms with van der Waals surface area (Å²) in [7, 11) is 3.76. The molecule has 4 nitrogen and oxygen atoms in total. The van der Waals surface area contributed by atoms with E-state index in [1.165, 1.54) is 18.5 Å². The van der Waals surface area contributed by atoms with E-state index in [2.05, 4.69) is 16.5 Å². The molecule has 1 fully saturated rings. The Morgan fingerprint density at radius 1 is 1.62 bits per heavy atom. The van der Waals surface area contributed by atoms with Crippen LogP contribution in [-0.2, 0) is 18.2 Å². The Hall–Kier alpha value is -0.870. The van der Waals surface area contributed by atoms with Gasteiger partial charge in [0.15, 0.2) is 0 Å². The van der Waals surface area contributed by atoms with Gasteiger partial charge >= 0.3 is 0 Å². The molecule has 1 aromatic heterocycles. The summed E-state index contributed by atoms with van der Waals surface area (Å²) in [6, 6.07) is 2.61. The van der Waals surface area contributed by atoms with Crippen LogP contribution >= 0.6 is 0 Å². The van der Waals surface area contributed by atoms with Crippen molar-refractivity contribution < 1.29 is 4.74 Å². The lowest BCUT2D eigenvalue weighted by molar-refractivity contribution is 0.158. The monoisotopic (exact) mass is 223 g/mol. The second-order valence-corrected chi connectivity index (χ2v) is 4.55. The summed E-state index contributed by atoms with van der Waals surface area (Å²) < 4.78 is 7.17. The minimum Gasteiger partial charge on any atom is -0.383 e. The van der Waals surface area contributed by atoms with Crippen LogP contribution in [0.1, 0.15) is 18.5 Å². The van der Waals surface area contributed by atoms with Crippen molar-refractivity contribution in [2.75, 3.05) is 20.3 Å². The van der Waals surface area contributed by atoms with Gasteiger partial charge in [-0.2, -0.15) is 5.10 Å². The fraction of sp³-hybridized carbons (Fsp3) is 0.750. The third kappa shape index (κ3) is 3.06. The number of rotatable bonds is 7. The fourth-order valence-electron chi connectivity index (χ4n) is 2.07. The van der Waals surface area contributed by atoms with Gasteiger partial charge in [-0.25, -0.2) is 0 Å². The van der Waals surface area contributed by atoms with Crippen molar-refractivity contribution in [1.29, 1.82) is 0 Å². The second-order valence-electron chi connectivity index (χ2n) is 4.55. The molecule has 1 aromatic rings. The van der Waals surface area contributed by atoms with Crippen molar-refractivity contribution in [2.45, 2.75) is 25.3 Å². The summed E-state index contributed by atoms with van der Waals surface area (Å²) in [5.41, 5.74) is 1.28. The molecule has 0 bridgehead atoms. The molecule has 0 amide bonds. The molecule has 0 aliphatic heterocycles. The Morgan fingerprint density at radius 2 is 2.44 bits per heavy atom. The maximum absolute atomic E-state index is 5.24. The maximum Gasteiger partial charge on any atom is 0.0618 e. The summed E-state index contributed by atoms with van der Waals surface area (Å²) in [6.45, 7) is 1.83. The average molecular weight is 223 g/mol. The van der Waals surface area contributed by atoms with E-state index in [-0.39, 0.29) is 0 Å². The maximum atomic E-state index is 5.24. The van der Waals surface area contributed by atoms with Gasteiger partial charge in [-0.15, -0.1) is 0 Å². The van der Waals surface area contributed by atoms with Crippen LogP contribution < -0.4 is 5.32 Å². The Bertz CT molecular complexity index is 320. The highest BCUT2D eigenvalue weighted by atomic mass is 16.5. The fourth-order valence-corrected chi connectivity index (χ4v) is 2.07. The number of aryl methyl sites for hydroxylation is 1. The van der Waals surface area contributed by atoms with Gasteiger partial charge in [-0.05, 0) is 24.8 Å². The standard InChI is InChI=1S/C12H21N3O/c1-15-11(6-8-14-15)5-7-13-12(9-16-2)10-3-4-10/h6,8,10,12-13H,3-5,7,9H2,1-2H3. The van der Waals surface area contributed by atoms with Gasteiger partial charge in [0, 0.05) is 45.1 Å². The summed E-state index contributed by atoms with van der Waals surface area (Å²) in [5.74, 6) is 0.839. The summed E-state index contributed by atoms with van der Waals surface area (Å²) in [6.07, 6.45) is 5.59. The third-order valence-corrected chi connectivity index (χ3v) is 3.25. The summed E-state index contributed by atoms with van der Waals surface area (Å²) in [5, 5.41) is 7.74. The van der Waals surface area contributed by atoms with Crippen LogP contribution in [0.2, 0.25) is 0 Å². The van der Waals surface area contributed by atoms with Crippen LogP contribution in [0, 0.1) is 5.92 Å². The Morgan fingerprint density at radius 3 is 3.00 bits per heavy atom. The molecule has 1 unspecified atom stereocenters. The highest BCUT2D eigenvalue weighted by Crippen LogP contribution is 2.32. The SMILES string of the molecule is COCC(NCCc1ccnn1C)C1CC1. The van der Waals surface area contributed by atoms with E-state index in [4.69, 9.17) is 4.74 Å². The number of ether oxygens (including phenoxy) is 1. The lowest BCUT2D eigenvalue weighted by atomic mass is 10.2. The van der Waals surface area contributed by atoms with E-state index in [0.717, 1.165) is 25.5 Å². The smallest absolute Gasteiger partial charge is 0.0618 e. The van der Waals surface area contributed by atoms with Crippen molar-refractivity contribution in [2.24, 2.45) is 13.0 Å². The first-order chi connectivity index (χ1) is 7.81. The van der Waals surface area contributed by atoms with Crippen molar-refractivity contribution in [1.82, 2.24) is 15.1 Å². The van der Waals surface area contributed by atoms with Crippen molar-refractivity contribution in [3.05, 3.63) is 18.0 Å². The molecule has 1 aliphatic carbocycles. The van der Waals surface area contributed by atoms with Crippen LogP contribution in [0.5, 0.6) is 0 Å². The molecule has 4 heteroatoms.